The topological polar surface area (TPSA) is 60.2 Å². The standard InChI is InChI=1S/C11H11F2N3O2/c1-7(17)8-6-16(15-14-8)9-4-2-3-5-10(9)18-11(12)13/h2-7,11,17H,1H3. The van der Waals surface area contributed by atoms with Crippen LogP contribution in [0, 0.1) is 0 Å². The third-order valence-electron chi connectivity index (χ3n) is 2.27. The van der Waals surface area contributed by atoms with Gasteiger partial charge in [0.05, 0.1) is 12.3 Å². The summed E-state index contributed by atoms with van der Waals surface area (Å²) in [6.45, 7) is -1.37. The fourth-order valence-electron chi connectivity index (χ4n) is 1.43. The van der Waals surface area contributed by atoms with Gasteiger partial charge in [0.1, 0.15) is 11.4 Å². The van der Waals surface area contributed by atoms with Crippen LogP contribution in [0.5, 0.6) is 5.75 Å². The normalized spacial score (nSPS) is 12.7. The van der Waals surface area contributed by atoms with Crippen LogP contribution in [0.4, 0.5) is 8.78 Å². The van der Waals surface area contributed by atoms with Crippen molar-refractivity contribution in [3.05, 3.63) is 36.2 Å². The molecule has 5 nitrogen and oxygen atoms in total. The number of hydrogen-bond acceptors (Lipinski definition) is 4. The lowest BCUT2D eigenvalue weighted by molar-refractivity contribution is -0.0499. The van der Waals surface area contributed by atoms with Gasteiger partial charge in [0.25, 0.3) is 0 Å². The number of aliphatic hydroxyl groups is 1. The minimum atomic E-state index is -2.91. The average molecular weight is 255 g/mol. The highest BCUT2D eigenvalue weighted by atomic mass is 19.3. The number of benzene rings is 1. The number of aromatic nitrogens is 3. The van der Waals surface area contributed by atoms with Gasteiger partial charge in [-0.1, -0.05) is 17.3 Å². The first-order chi connectivity index (χ1) is 8.58. The molecular weight excluding hydrogens is 244 g/mol. The molecule has 0 aliphatic rings. The van der Waals surface area contributed by atoms with Crippen molar-refractivity contribution in [2.45, 2.75) is 19.6 Å². The van der Waals surface area contributed by atoms with E-state index in [0.717, 1.165) is 0 Å². The molecule has 2 aromatic rings. The molecule has 1 heterocycles. The molecule has 2 rings (SSSR count). The van der Waals surface area contributed by atoms with Crippen LogP contribution >= 0.6 is 0 Å². The third kappa shape index (κ3) is 2.62. The molecule has 96 valence electrons. The van der Waals surface area contributed by atoms with Crippen molar-refractivity contribution in [3.63, 3.8) is 0 Å². The van der Waals surface area contributed by atoms with E-state index in [0.29, 0.717) is 11.4 Å². The minimum absolute atomic E-state index is 0.00505. The fourth-order valence-corrected chi connectivity index (χ4v) is 1.43. The lowest BCUT2D eigenvalue weighted by Crippen LogP contribution is -2.06. The quantitative estimate of drug-likeness (QED) is 0.906. The van der Waals surface area contributed by atoms with Crippen molar-refractivity contribution >= 4 is 0 Å². The van der Waals surface area contributed by atoms with E-state index in [9.17, 15) is 13.9 Å². The highest BCUT2D eigenvalue weighted by Gasteiger charge is 2.13. The number of aliphatic hydroxyl groups excluding tert-OH is 1. The van der Waals surface area contributed by atoms with Gasteiger partial charge in [-0.3, -0.25) is 0 Å². The predicted molar refractivity (Wildman–Crippen MR) is 58.6 cm³/mol. The second kappa shape index (κ2) is 5.09. The van der Waals surface area contributed by atoms with Crippen LogP contribution in [-0.4, -0.2) is 26.7 Å². The minimum Gasteiger partial charge on any atom is -0.433 e. The molecule has 0 bridgehead atoms. The van der Waals surface area contributed by atoms with Crippen LogP contribution in [0.15, 0.2) is 30.5 Å². The van der Waals surface area contributed by atoms with Crippen molar-refractivity contribution in [1.82, 2.24) is 15.0 Å². The van der Waals surface area contributed by atoms with Crippen molar-refractivity contribution in [1.29, 1.82) is 0 Å². The van der Waals surface area contributed by atoms with Crippen LogP contribution in [0.2, 0.25) is 0 Å². The molecule has 0 aliphatic heterocycles. The number of rotatable bonds is 4. The Bertz CT molecular complexity index is 529. The highest BCUT2D eigenvalue weighted by molar-refractivity contribution is 5.45. The van der Waals surface area contributed by atoms with Crippen molar-refractivity contribution < 1.29 is 18.6 Å². The number of alkyl halides is 2. The molecule has 0 saturated carbocycles. The maximum absolute atomic E-state index is 12.2. The Morgan fingerprint density at radius 2 is 2.06 bits per heavy atom. The van der Waals surface area contributed by atoms with Crippen molar-refractivity contribution in [3.8, 4) is 11.4 Å². The lowest BCUT2D eigenvalue weighted by atomic mass is 10.3. The average Bonchev–Trinajstić information content (AvgIpc) is 2.78. The van der Waals surface area contributed by atoms with Gasteiger partial charge >= 0.3 is 6.61 Å². The van der Waals surface area contributed by atoms with Gasteiger partial charge in [-0.2, -0.15) is 8.78 Å². The summed E-state index contributed by atoms with van der Waals surface area (Å²) in [6, 6.07) is 6.22. The summed E-state index contributed by atoms with van der Waals surface area (Å²) >= 11 is 0. The Labute approximate surface area is 102 Å². The number of ether oxygens (including phenoxy) is 1. The summed E-state index contributed by atoms with van der Waals surface area (Å²) in [7, 11) is 0. The van der Waals surface area contributed by atoms with E-state index in [4.69, 9.17) is 0 Å². The molecule has 0 fully saturated rings. The molecule has 18 heavy (non-hydrogen) atoms. The molecule has 0 saturated heterocycles. The van der Waals surface area contributed by atoms with E-state index in [1.165, 1.54) is 23.9 Å². The van der Waals surface area contributed by atoms with Gasteiger partial charge in [0, 0.05) is 0 Å². The van der Waals surface area contributed by atoms with Gasteiger partial charge in [0.15, 0.2) is 5.75 Å². The predicted octanol–water partition coefficient (Wildman–Crippen LogP) is 1.92. The Balaban J connectivity index is 2.36. The molecule has 1 unspecified atom stereocenters. The summed E-state index contributed by atoms with van der Waals surface area (Å²) in [5.74, 6) is -0.00505. The van der Waals surface area contributed by atoms with Crippen molar-refractivity contribution in [2.75, 3.05) is 0 Å². The molecule has 0 spiro atoms. The van der Waals surface area contributed by atoms with E-state index in [2.05, 4.69) is 15.0 Å². The molecule has 1 N–H and O–H groups in total. The van der Waals surface area contributed by atoms with Gasteiger partial charge in [-0.05, 0) is 19.1 Å². The van der Waals surface area contributed by atoms with E-state index >= 15 is 0 Å². The van der Waals surface area contributed by atoms with E-state index in [1.54, 1.807) is 18.2 Å². The van der Waals surface area contributed by atoms with Gasteiger partial charge < -0.3 is 9.84 Å². The number of para-hydroxylation sites is 2. The second-order valence-electron chi connectivity index (χ2n) is 3.61. The fraction of sp³-hybridized carbons (Fsp3) is 0.273. The largest absolute Gasteiger partial charge is 0.433 e. The van der Waals surface area contributed by atoms with Crippen LogP contribution in [0.1, 0.15) is 18.7 Å². The summed E-state index contributed by atoms with van der Waals surface area (Å²) in [5.41, 5.74) is 0.680. The zero-order chi connectivity index (χ0) is 13.1. The maximum Gasteiger partial charge on any atom is 0.387 e. The van der Waals surface area contributed by atoms with E-state index < -0.39 is 12.7 Å². The van der Waals surface area contributed by atoms with Crippen LogP contribution in [0.25, 0.3) is 5.69 Å². The molecule has 1 atom stereocenters. The molecule has 0 aliphatic carbocycles. The number of nitrogens with zero attached hydrogens (tertiary/aromatic N) is 3. The Morgan fingerprint density at radius 3 is 2.67 bits per heavy atom. The number of hydrogen-bond donors (Lipinski definition) is 1. The smallest absolute Gasteiger partial charge is 0.387 e. The Morgan fingerprint density at radius 1 is 1.33 bits per heavy atom. The second-order valence-corrected chi connectivity index (χ2v) is 3.61. The van der Waals surface area contributed by atoms with Gasteiger partial charge in [-0.15, -0.1) is 5.10 Å². The van der Waals surface area contributed by atoms with E-state index in [1.807, 2.05) is 0 Å². The van der Waals surface area contributed by atoms with Crippen LogP contribution < -0.4 is 4.74 Å². The SMILES string of the molecule is CC(O)c1cn(-c2ccccc2OC(F)F)nn1. The lowest BCUT2D eigenvalue weighted by Gasteiger charge is -2.09. The maximum atomic E-state index is 12.2. The third-order valence-corrected chi connectivity index (χ3v) is 2.27. The summed E-state index contributed by atoms with van der Waals surface area (Å²) in [4.78, 5) is 0. The first kappa shape index (κ1) is 12.4. The van der Waals surface area contributed by atoms with Gasteiger partial charge in [0.2, 0.25) is 0 Å². The summed E-state index contributed by atoms with van der Waals surface area (Å²) in [5, 5.41) is 16.8. The monoisotopic (exact) mass is 255 g/mol. The molecule has 1 aromatic carbocycles. The summed E-state index contributed by atoms with van der Waals surface area (Å²) in [6.07, 6.45) is 0.681. The molecule has 1 aromatic heterocycles. The highest BCUT2D eigenvalue weighted by Crippen LogP contribution is 2.24. The Hall–Kier alpha value is -2.02. The van der Waals surface area contributed by atoms with E-state index in [-0.39, 0.29) is 5.75 Å². The summed E-state index contributed by atoms with van der Waals surface area (Å²) < 4.78 is 30.1. The number of halogens is 2. The molecular formula is C11H11F2N3O2. The molecule has 0 amide bonds. The van der Waals surface area contributed by atoms with Crippen molar-refractivity contribution in [2.24, 2.45) is 0 Å². The zero-order valence-electron chi connectivity index (χ0n) is 9.49. The van der Waals surface area contributed by atoms with Gasteiger partial charge in [-0.25, -0.2) is 4.68 Å². The van der Waals surface area contributed by atoms with Crippen LogP contribution in [0.3, 0.4) is 0 Å². The first-order valence-corrected chi connectivity index (χ1v) is 5.22. The molecule has 7 heteroatoms. The van der Waals surface area contributed by atoms with Crippen LogP contribution in [-0.2, 0) is 0 Å². The zero-order valence-corrected chi connectivity index (χ0v) is 9.49. The molecule has 0 radical (unpaired) electrons. The first-order valence-electron chi connectivity index (χ1n) is 5.22. The Kier molecular flexibility index (Phi) is 3.52.